The zero-order valence-electron chi connectivity index (χ0n) is 12.8. The van der Waals surface area contributed by atoms with Gasteiger partial charge in [-0.3, -0.25) is 9.59 Å². The van der Waals surface area contributed by atoms with Crippen molar-refractivity contribution in [2.24, 2.45) is 0 Å². The molecule has 1 aliphatic carbocycles. The van der Waals surface area contributed by atoms with Crippen molar-refractivity contribution >= 4 is 11.7 Å². The standard InChI is InChI=1S/C16H27NO3/c1-13(18)11-14-7-4-3-5-10-17(14)15(19)12-16(20-2)8-6-9-16/h14H,3-12H2,1-2H3. The quantitative estimate of drug-likeness (QED) is 0.778. The van der Waals surface area contributed by atoms with Crippen molar-refractivity contribution in [3.8, 4) is 0 Å². The van der Waals surface area contributed by atoms with E-state index in [1.165, 1.54) is 0 Å². The fourth-order valence-electron chi connectivity index (χ4n) is 3.45. The van der Waals surface area contributed by atoms with Gasteiger partial charge in [0.1, 0.15) is 5.78 Å². The Labute approximate surface area is 121 Å². The molecule has 2 fully saturated rings. The zero-order valence-corrected chi connectivity index (χ0v) is 12.8. The first-order chi connectivity index (χ1) is 9.56. The monoisotopic (exact) mass is 281 g/mol. The van der Waals surface area contributed by atoms with Gasteiger partial charge >= 0.3 is 0 Å². The van der Waals surface area contributed by atoms with E-state index in [2.05, 4.69) is 0 Å². The molecule has 2 rings (SSSR count). The van der Waals surface area contributed by atoms with Gasteiger partial charge in [0.2, 0.25) is 5.91 Å². The molecule has 1 aliphatic heterocycles. The Hall–Kier alpha value is -0.900. The fourth-order valence-corrected chi connectivity index (χ4v) is 3.45. The molecule has 4 heteroatoms. The van der Waals surface area contributed by atoms with E-state index in [1.54, 1.807) is 14.0 Å². The van der Waals surface area contributed by atoms with Crippen LogP contribution in [0.1, 0.15) is 64.7 Å². The van der Waals surface area contributed by atoms with Crippen molar-refractivity contribution in [2.75, 3.05) is 13.7 Å². The van der Waals surface area contributed by atoms with Gasteiger partial charge < -0.3 is 9.64 Å². The predicted octanol–water partition coefficient (Wildman–Crippen LogP) is 2.70. The Balaban J connectivity index is 2.01. The average Bonchev–Trinajstić information content (AvgIpc) is 2.58. The Morgan fingerprint density at radius 3 is 2.50 bits per heavy atom. The highest BCUT2D eigenvalue weighted by Gasteiger charge is 2.41. The van der Waals surface area contributed by atoms with Crippen molar-refractivity contribution in [3.63, 3.8) is 0 Å². The van der Waals surface area contributed by atoms with E-state index in [-0.39, 0.29) is 23.3 Å². The van der Waals surface area contributed by atoms with Crippen LogP contribution in [0, 0.1) is 0 Å². The fraction of sp³-hybridized carbons (Fsp3) is 0.875. The molecule has 20 heavy (non-hydrogen) atoms. The van der Waals surface area contributed by atoms with Gasteiger partial charge in [0.25, 0.3) is 0 Å². The van der Waals surface area contributed by atoms with Gasteiger partial charge in [0, 0.05) is 26.1 Å². The lowest BCUT2D eigenvalue weighted by Gasteiger charge is -2.42. The summed E-state index contributed by atoms with van der Waals surface area (Å²) in [5.41, 5.74) is -0.218. The molecule has 0 radical (unpaired) electrons. The lowest BCUT2D eigenvalue weighted by Crippen LogP contribution is -2.48. The Kier molecular flexibility index (Phi) is 5.19. The van der Waals surface area contributed by atoms with Crippen LogP contribution < -0.4 is 0 Å². The molecular formula is C16H27NO3. The number of amides is 1. The summed E-state index contributed by atoms with van der Waals surface area (Å²) in [4.78, 5) is 26.0. The number of carbonyl (C=O) groups excluding carboxylic acids is 2. The molecule has 1 saturated heterocycles. The Morgan fingerprint density at radius 2 is 1.95 bits per heavy atom. The van der Waals surface area contributed by atoms with Gasteiger partial charge in [-0.1, -0.05) is 12.8 Å². The van der Waals surface area contributed by atoms with E-state index in [4.69, 9.17) is 4.74 Å². The van der Waals surface area contributed by atoms with Gasteiger partial charge in [-0.25, -0.2) is 0 Å². The number of likely N-dealkylation sites (tertiary alicyclic amines) is 1. The summed E-state index contributed by atoms with van der Waals surface area (Å²) in [5, 5.41) is 0. The first kappa shape index (κ1) is 15.5. The van der Waals surface area contributed by atoms with Crippen molar-refractivity contribution in [1.82, 2.24) is 4.90 Å². The normalized spacial score (nSPS) is 25.7. The van der Waals surface area contributed by atoms with E-state index < -0.39 is 0 Å². The number of ketones is 1. The van der Waals surface area contributed by atoms with Crippen LogP contribution in [0.15, 0.2) is 0 Å². The van der Waals surface area contributed by atoms with Crippen LogP contribution in [0.4, 0.5) is 0 Å². The molecule has 2 aliphatic rings. The third-order valence-electron chi connectivity index (χ3n) is 4.89. The minimum Gasteiger partial charge on any atom is -0.378 e. The summed E-state index contributed by atoms with van der Waals surface area (Å²) in [6.07, 6.45) is 8.42. The molecule has 1 unspecified atom stereocenters. The van der Waals surface area contributed by atoms with Gasteiger partial charge in [-0.2, -0.15) is 0 Å². The average molecular weight is 281 g/mol. The van der Waals surface area contributed by atoms with Crippen molar-refractivity contribution < 1.29 is 14.3 Å². The number of hydrogen-bond acceptors (Lipinski definition) is 3. The summed E-state index contributed by atoms with van der Waals surface area (Å²) >= 11 is 0. The molecular weight excluding hydrogens is 254 g/mol. The number of carbonyl (C=O) groups is 2. The number of rotatable bonds is 5. The summed E-state index contributed by atoms with van der Waals surface area (Å²) in [6, 6.07) is 0.108. The van der Waals surface area contributed by atoms with Crippen LogP contribution in [-0.4, -0.2) is 41.9 Å². The summed E-state index contributed by atoms with van der Waals surface area (Å²) in [5.74, 6) is 0.361. The van der Waals surface area contributed by atoms with Crippen molar-refractivity contribution in [1.29, 1.82) is 0 Å². The summed E-state index contributed by atoms with van der Waals surface area (Å²) < 4.78 is 5.57. The molecule has 0 spiro atoms. The van der Waals surface area contributed by atoms with Crippen molar-refractivity contribution in [3.05, 3.63) is 0 Å². The van der Waals surface area contributed by atoms with Gasteiger partial charge in [-0.15, -0.1) is 0 Å². The molecule has 0 aromatic heterocycles. The second kappa shape index (κ2) is 6.70. The lowest BCUT2D eigenvalue weighted by atomic mass is 9.77. The minimum absolute atomic E-state index is 0.108. The molecule has 0 aromatic carbocycles. The van der Waals surface area contributed by atoms with Gasteiger partial charge in [-0.05, 0) is 39.0 Å². The highest BCUT2D eigenvalue weighted by Crippen LogP contribution is 2.39. The summed E-state index contributed by atoms with van der Waals surface area (Å²) in [6.45, 7) is 2.42. The second-order valence-corrected chi connectivity index (χ2v) is 6.41. The number of Topliss-reactive ketones (excluding diaryl/α,β-unsaturated/α-hetero) is 1. The number of nitrogens with zero attached hydrogens (tertiary/aromatic N) is 1. The largest absolute Gasteiger partial charge is 0.378 e. The second-order valence-electron chi connectivity index (χ2n) is 6.41. The SMILES string of the molecule is COC1(CC(=O)N2CCCCCC2CC(C)=O)CCC1. The molecule has 114 valence electrons. The maximum Gasteiger partial charge on any atom is 0.225 e. The van der Waals surface area contributed by atoms with Crippen LogP contribution in [0.25, 0.3) is 0 Å². The topological polar surface area (TPSA) is 46.6 Å². The van der Waals surface area contributed by atoms with Gasteiger partial charge in [0.15, 0.2) is 0 Å². The van der Waals surface area contributed by atoms with Gasteiger partial charge in [0.05, 0.1) is 12.0 Å². The zero-order chi connectivity index (χ0) is 14.6. The van der Waals surface area contributed by atoms with E-state index in [1.807, 2.05) is 4.90 Å². The van der Waals surface area contributed by atoms with E-state index in [0.717, 1.165) is 51.5 Å². The smallest absolute Gasteiger partial charge is 0.225 e. The van der Waals surface area contributed by atoms with E-state index in [9.17, 15) is 9.59 Å². The highest BCUT2D eigenvalue weighted by atomic mass is 16.5. The molecule has 4 nitrogen and oxygen atoms in total. The number of ether oxygens (including phenoxy) is 1. The minimum atomic E-state index is -0.218. The molecule has 1 heterocycles. The van der Waals surface area contributed by atoms with Crippen LogP contribution in [-0.2, 0) is 14.3 Å². The predicted molar refractivity (Wildman–Crippen MR) is 77.5 cm³/mol. The first-order valence-electron chi connectivity index (χ1n) is 7.90. The van der Waals surface area contributed by atoms with Crippen LogP contribution >= 0.6 is 0 Å². The van der Waals surface area contributed by atoms with Crippen LogP contribution in [0.5, 0.6) is 0 Å². The van der Waals surface area contributed by atoms with Crippen LogP contribution in [0.3, 0.4) is 0 Å². The summed E-state index contributed by atoms with van der Waals surface area (Å²) in [7, 11) is 1.71. The number of hydrogen-bond donors (Lipinski definition) is 0. The van der Waals surface area contributed by atoms with E-state index in [0.29, 0.717) is 12.8 Å². The number of methoxy groups -OCH3 is 1. The molecule has 1 saturated carbocycles. The maximum absolute atomic E-state index is 12.6. The Bertz CT molecular complexity index is 357. The Morgan fingerprint density at radius 1 is 1.20 bits per heavy atom. The molecule has 1 atom stereocenters. The van der Waals surface area contributed by atoms with E-state index >= 15 is 0 Å². The third-order valence-corrected chi connectivity index (χ3v) is 4.89. The highest BCUT2D eigenvalue weighted by molar-refractivity contribution is 5.80. The first-order valence-corrected chi connectivity index (χ1v) is 7.90. The van der Waals surface area contributed by atoms with Crippen molar-refractivity contribution in [2.45, 2.75) is 76.4 Å². The molecule has 0 aromatic rings. The molecule has 0 N–H and O–H groups in total. The van der Waals surface area contributed by atoms with Crippen LogP contribution in [0.2, 0.25) is 0 Å². The maximum atomic E-state index is 12.6. The molecule has 0 bridgehead atoms. The lowest BCUT2D eigenvalue weighted by molar-refractivity contribution is -0.146. The molecule has 1 amide bonds. The third kappa shape index (κ3) is 3.60.